The number of halogens is 1. The first-order chi connectivity index (χ1) is 15.4. The average Bonchev–Trinajstić information content (AvgIpc) is 3.17. The number of thioether (sulfide) groups is 1. The van der Waals surface area contributed by atoms with Gasteiger partial charge in [-0.05, 0) is 50.2 Å². The number of aromatic nitrogens is 3. The van der Waals surface area contributed by atoms with E-state index >= 15 is 0 Å². The first kappa shape index (κ1) is 23.7. The van der Waals surface area contributed by atoms with Gasteiger partial charge in [-0.3, -0.25) is 14.2 Å². The van der Waals surface area contributed by atoms with Gasteiger partial charge >= 0.3 is 0 Å². The minimum atomic E-state index is -0.346. The lowest BCUT2D eigenvalue weighted by molar-refractivity contribution is -0.113. The fourth-order valence-corrected chi connectivity index (χ4v) is 3.94. The lowest BCUT2D eigenvalue weighted by Crippen LogP contribution is -2.15. The molecule has 1 atom stereocenters. The first-order valence-corrected chi connectivity index (χ1v) is 11.6. The molecule has 1 N–H and O–H groups in total. The summed E-state index contributed by atoms with van der Waals surface area (Å²) in [4.78, 5) is 23.9. The molecule has 0 radical (unpaired) electrons. The van der Waals surface area contributed by atoms with E-state index < -0.39 is 0 Å². The summed E-state index contributed by atoms with van der Waals surface area (Å²) in [6.07, 6.45) is 1.40. The van der Waals surface area contributed by atoms with Crippen molar-refractivity contribution in [3.8, 4) is 5.75 Å². The monoisotopic (exact) mass is 514 g/mol. The quantitative estimate of drug-likeness (QED) is 0.224. The molecule has 1 heterocycles. The zero-order valence-corrected chi connectivity index (χ0v) is 20.1. The number of hydrogen-bond acceptors (Lipinski definition) is 6. The largest absolute Gasteiger partial charge is 0.483 e. The molecule has 3 aromatic rings. The molecule has 0 spiro atoms. The zero-order valence-electron chi connectivity index (χ0n) is 17.7. The van der Waals surface area contributed by atoms with Crippen molar-refractivity contribution in [2.45, 2.75) is 31.7 Å². The summed E-state index contributed by atoms with van der Waals surface area (Å²) >= 11 is 4.68. The van der Waals surface area contributed by atoms with Gasteiger partial charge in [0.1, 0.15) is 5.75 Å². The number of hydrogen-bond donors (Lipinski definition) is 1. The number of nitrogens with one attached hydrogen (secondary N) is 1. The normalized spacial score (nSPS) is 11.6. The molecule has 2 aromatic carbocycles. The van der Waals surface area contributed by atoms with Crippen molar-refractivity contribution in [2.75, 3.05) is 11.1 Å². The van der Waals surface area contributed by atoms with E-state index in [-0.39, 0.29) is 23.5 Å². The first-order valence-electron chi connectivity index (χ1n) is 9.87. The molecule has 0 aliphatic heterocycles. The molecule has 3 rings (SSSR count). The third-order valence-corrected chi connectivity index (χ3v) is 5.93. The molecule has 0 bridgehead atoms. The number of anilines is 1. The number of ketones is 1. The van der Waals surface area contributed by atoms with Crippen LogP contribution in [-0.4, -0.2) is 32.2 Å². The van der Waals surface area contributed by atoms with Crippen LogP contribution in [0, 0.1) is 0 Å². The van der Waals surface area contributed by atoms with E-state index in [0.29, 0.717) is 28.8 Å². The van der Waals surface area contributed by atoms with Crippen molar-refractivity contribution >= 4 is 45.1 Å². The van der Waals surface area contributed by atoms with Crippen molar-refractivity contribution in [3.63, 3.8) is 0 Å². The van der Waals surface area contributed by atoms with Gasteiger partial charge in [-0.15, -0.1) is 16.8 Å². The van der Waals surface area contributed by atoms with Crippen molar-refractivity contribution in [1.82, 2.24) is 14.8 Å². The Balaban J connectivity index is 1.66. The van der Waals surface area contributed by atoms with Crippen molar-refractivity contribution in [2.24, 2.45) is 0 Å². The summed E-state index contributed by atoms with van der Waals surface area (Å²) in [6, 6.07) is 14.4. The second-order valence-electron chi connectivity index (χ2n) is 6.93. The van der Waals surface area contributed by atoms with Crippen LogP contribution in [0.4, 0.5) is 5.69 Å². The van der Waals surface area contributed by atoms with Crippen LogP contribution in [0.25, 0.3) is 0 Å². The summed E-state index contributed by atoms with van der Waals surface area (Å²) in [7, 11) is 0. The summed E-state index contributed by atoms with van der Waals surface area (Å²) in [5.74, 6) is 1.24. The molecule has 0 aliphatic rings. The Morgan fingerprint density at radius 2 is 2.00 bits per heavy atom. The van der Waals surface area contributed by atoms with E-state index in [1.54, 1.807) is 30.3 Å². The van der Waals surface area contributed by atoms with Crippen molar-refractivity contribution < 1.29 is 14.3 Å². The lowest BCUT2D eigenvalue weighted by Gasteiger charge is -2.15. The van der Waals surface area contributed by atoms with E-state index in [1.807, 2.05) is 35.8 Å². The van der Waals surface area contributed by atoms with Gasteiger partial charge in [0.05, 0.1) is 5.75 Å². The standard InChI is InChI=1S/C23H23BrN4O3S/c1-4-12-28-22(16(3)31-20-10-8-18(24)9-11-20)26-27-23(28)32-14-21(30)25-19-7-5-6-17(13-19)15(2)29/h4-11,13,16H,1,12,14H2,2-3H3,(H,25,30). The van der Waals surface area contributed by atoms with Crippen LogP contribution in [0.3, 0.4) is 0 Å². The van der Waals surface area contributed by atoms with Crippen LogP contribution in [-0.2, 0) is 11.3 Å². The predicted molar refractivity (Wildman–Crippen MR) is 129 cm³/mol. The Kier molecular flexibility index (Phi) is 8.24. The maximum Gasteiger partial charge on any atom is 0.234 e. The Morgan fingerprint density at radius 3 is 2.69 bits per heavy atom. The number of ether oxygens (including phenoxy) is 1. The summed E-state index contributed by atoms with van der Waals surface area (Å²) in [5, 5.41) is 11.9. The number of allylic oxidation sites excluding steroid dienone is 1. The highest BCUT2D eigenvalue weighted by Crippen LogP contribution is 2.26. The molecule has 0 saturated heterocycles. The highest BCUT2D eigenvalue weighted by molar-refractivity contribution is 9.10. The Hall–Kier alpha value is -2.91. The van der Waals surface area contributed by atoms with Crippen molar-refractivity contribution in [1.29, 1.82) is 0 Å². The summed E-state index contributed by atoms with van der Waals surface area (Å²) < 4.78 is 8.85. The number of Topliss-reactive ketones (excluding diaryl/α,β-unsaturated/α-hetero) is 1. The highest BCUT2D eigenvalue weighted by Gasteiger charge is 2.20. The average molecular weight is 515 g/mol. The van der Waals surface area contributed by atoms with Gasteiger partial charge in [-0.25, -0.2) is 0 Å². The van der Waals surface area contributed by atoms with Crippen LogP contribution < -0.4 is 10.1 Å². The SMILES string of the molecule is C=CCn1c(SCC(=O)Nc2cccc(C(C)=O)c2)nnc1C(C)Oc1ccc(Br)cc1. The van der Waals surface area contributed by atoms with E-state index in [1.165, 1.54) is 18.7 Å². The van der Waals surface area contributed by atoms with E-state index in [4.69, 9.17) is 4.74 Å². The third-order valence-electron chi connectivity index (χ3n) is 4.43. The molecule has 1 amide bonds. The van der Waals surface area contributed by atoms with Gasteiger partial charge in [0, 0.05) is 22.3 Å². The molecule has 0 saturated carbocycles. The Bertz CT molecular complexity index is 1110. The van der Waals surface area contributed by atoms with Gasteiger partial charge in [-0.2, -0.15) is 0 Å². The van der Waals surface area contributed by atoms with E-state index in [2.05, 4.69) is 38.0 Å². The second kappa shape index (κ2) is 11.1. The molecular formula is C23H23BrN4O3S. The summed E-state index contributed by atoms with van der Waals surface area (Å²) in [6.45, 7) is 7.68. The number of carbonyl (C=O) groups is 2. The fraction of sp³-hybridized carbons (Fsp3) is 0.217. The van der Waals surface area contributed by atoms with Gasteiger partial charge in [0.15, 0.2) is 22.9 Å². The second-order valence-corrected chi connectivity index (χ2v) is 8.79. The number of benzene rings is 2. The molecule has 0 fully saturated rings. The van der Waals surface area contributed by atoms with Gasteiger partial charge in [0.25, 0.3) is 0 Å². The Labute approximate surface area is 199 Å². The lowest BCUT2D eigenvalue weighted by atomic mass is 10.1. The maximum absolute atomic E-state index is 12.4. The van der Waals surface area contributed by atoms with Crippen LogP contribution in [0.5, 0.6) is 5.75 Å². The van der Waals surface area contributed by atoms with Crippen molar-refractivity contribution in [3.05, 3.63) is 77.0 Å². The molecule has 7 nitrogen and oxygen atoms in total. The van der Waals surface area contributed by atoms with Gasteiger partial charge < -0.3 is 10.1 Å². The predicted octanol–water partition coefficient (Wildman–Crippen LogP) is 5.30. The zero-order chi connectivity index (χ0) is 23.1. The molecular weight excluding hydrogens is 492 g/mol. The molecule has 1 unspecified atom stereocenters. The van der Waals surface area contributed by atoms with E-state index in [0.717, 1.165) is 10.2 Å². The number of amides is 1. The van der Waals surface area contributed by atoms with Crippen LogP contribution in [0.15, 0.2) is 70.8 Å². The highest BCUT2D eigenvalue weighted by atomic mass is 79.9. The number of nitrogens with zero attached hydrogens (tertiary/aromatic N) is 3. The fourth-order valence-electron chi connectivity index (χ4n) is 2.92. The number of carbonyl (C=O) groups excluding carboxylic acids is 2. The van der Waals surface area contributed by atoms with Crippen LogP contribution in [0.1, 0.15) is 36.1 Å². The molecule has 0 aliphatic carbocycles. The van der Waals surface area contributed by atoms with Gasteiger partial charge in [-0.1, -0.05) is 45.9 Å². The Morgan fingerprint density at radius 1 is 1.25 bits per heavy atom. The third kappa shape index (κ3) is 6.30. The molecule has 1 aromatic heterocycles. The molecule has 32 heavy (non-hydrogen) atoms. The number of rotatable bonds is 10. The van der Waals surface area contributed by atoms with Crippen LogP contribution in [0.2, 0.25) is 0 Å². The minimum absolute atomic E-state index is 0.0555. The molecule has 166 valence electrons. The van der Waals surface area contributed by atoms with Gasteiger partial charge in [0.2, 0.25) is 5.91 Å². The summed E-state index contributed by atoms with van der Waals surface area (Å²) in [5.41, 5.74) is 1.12. The minimum Gasteiger partial charge on any atom is -0.483 e. The maximum atomic E-state index is 12.4. The smallest absolute Gasteiger partial charge is 0.234 e. The molecule has 9 heteroatoms. The van der Waals surface area contributed by atoms with Crippen LogP contribution >= 0.6 is 27.7 Å². The van der Waals surface area contributed by atoms with E-state index in [9.17, 15) is 9.59 Å². The topological polar surface area (TPSA) is 86.1 Å².